The standard InChI is InChI=1S/C68H63N4O.Pt/c1-65(2,3)50-30-34-61-63(41-50)70(54-28-20-27-52(38-54)67(7,8)48-23-16-12-17-24-48)45-71(61)55-39-53(68(9,10)49-25-18-13-19-26-49)40-57(43-55)73-56-31-32-58-59-37-47(46-21-14-11-15-22-46)29-33-60(59)72(62(58)44-56)64-42-51(35-36-69-64)66(4,5)6;/h11-42,45H,1-10H3;/q-3;. The second kappa shape index (κ2) is 19.3. The number of hydrogen-bond donors (Lipinski definition) is 0. The number of hydrogen-bond acceptors (Lipinski definition) is 4. The maximum atomic E-state index is 7.08. The second-order valence-corrected chi connectivity index (χ2v) is 22.7. The van der Waals surface area contributed by atoms with Crippen molar-refractivity contribution in [1.29, 1.82) is 0 Å². The first kappa shape index (κ1) is 50.3. The molecule has 3 heterocycles. The van der Waals surface area contributed by atoms with Crippen molar-refractivity contribution >= 4 is 44.6 Å². The van der Waals surface area contributed by atoms with Crippen LogP contribution in [0.4, 0.5) is 22.7 Å². The third-order valence-electron chi connectivity index (χ3n) is 15.1. The number of rotatable bonds is 10. The number of benzene rings is 8. The van der Waals surface area contributed by atoms with Gasteiger partial charge in [-0.2, -0.15) is 6.07 Å². The average Bonchev–Trinajstić information content (AvgIpc) is 3.94. The number of ether oxygens (including phenoxy) is 1. The Kier molecular flexibility index (Phi) is 13.1. The molecule has 0 fully saturated rings. The summed E-state index contributed by atoms with van der Waals surface area (Å²) in [5, 5.41) is 2.19. The van der Waals surface area contributed by atoms with E-state index in [9.17, 15) is 0 Å². The Hall–Kier alpha value is -7.20. The van der Waals surface area contributed by atoms with Crippen LogP contribution in [0.15, 0.2) is 194 Å². The van der Waals surface area contributed by atoms with E-state index in [2.05, 4.69) is 284 Å². The quantitative estimate of drug-likeness (QED) is 0.128. The minimum atomic E-state index is -0.390. The van der Waals surface area contributed by atoms with Crippen molar-refractivity contribution in [2.45, 2.75) is 90.9 Å². The fraction of sp³-hybridized carbons (Fsp3) is 0.206. The Balaban J connectivity index is 0.00000626. The third kappa shape index (κ3) is 9.37. The van der Waals surface area contributed by atoms with Crippen LogP contribution in [-0.2, 0) is 42.7 Å². The van der Waals surface area contributed by atoms with Crippen molar-refractivity contribution in [3.05, 3.63) is 246 Å². The van der Waals surface area contributed by atoms with Crippen LogP contribution in [0.1, 0.15) is 103 Å². The summed E-state index contributed by atoms with van der Waals surface area (Å²) < 4.78 is 9.31. The van der Waals surface area contributed by atoms with Crippen LogP contribution >= 0.6 is 0 Å². The molecule has 0 amide bonds. The van der Waals surface area contributed by atoms with Gasteiger partial charge in [0.25, 0.3) is 0 Å². The van der Waals surface area contributed by atoms with Crippen LogP contribution in [0.25, 0.3) is 38.8 Å². The molecule has 5 nitrogen and oxygen atoms in total. The van der Waals surface area contributed by atoms with E-state index in [1.165, 1.54) is 33.4 Å². The van der Waals surface area contributed by atoms with Gasteiger partial charge in [0.1, 0.15) is 5.82 Å². The van der Waals surface area contributed by atoms with E-state index in [1.54, 1.807) is 0 Å². The summed E-state index contributed by atoms with van der Waals surface area (Å²) in [6.45, 7) is 25.0. The van der Waals surface area contributed by atoms with Crippen molar-refractivity contribution in [3.63, 3.8) is 0 Å². The smallest absolute Gasteiger partial charge is 0.135 e. The molecule has 0 radical (unpaired) electrons. The van der Waals surface area contributed by atoms with Gasteiger partial charge < -0.3 is 19.1 Å². The zero-order chi connectivity index (χ0) is 50.9. The van der Waals surface area contributed by atoms with E-state index in [1.807, 2.05) is 12.3 Å². The van der Waals surface area contributed by atoms with E-state index < -0.39 is 0 Å². The van der Waals surface area contributed by atoms with Crippen LogP contribution in [0.2, 0.25) is 0 Å². The molecule has 1 aliphatic rings. The molecule has 0 bridgehead atoms. The second-order valence-electron chi connectivity index (χ2n) is 22.7. The van der Waals surface area contributed by atoms with Gasteiger partial charge in [-0.3, -0.25) is 0 Å². The predicted octanol–water partition coefficient (Wildman–Crippen LogP) is 17.9. The Morgan fingerprint density at radius 1 is 0.446 bits per heavy atom. The molecule has 2 aromatic heterocycles. The maximum Gasteiger partial charge on any atom is 0.135 e. The summed E-state index contributed by atoms with van der Waals surface area (Å²) in [4.78, 5) is 9.60. The number of anilines is 4. The largest absolute Gasteiger partial charge is 0.509 e. The molecule has 74 heavy (non-hydrogen) atoms. The topological polar surface area (TPSA) is 33.5 Å². The molecule has 0 N–H and O–H groups in total. The first-order chi connectivity index (χ1) is 34.9. The van der Waals surface area contributed by atoms with Gasteiger partial charge in [0, 0.05) is 66.8 Å². The minimum Gasteiger partial charge on any atom is -0.509 e. The van der Waals surface area contributed by atoms with Gasteiger partial charge in [-0.15, -0.1) is 53.6 Å². The van der Waals surface area contributed by atoms with Crippen LogP contribution in [0, 0.1) is 18.8 Å². The van der Waals surface area contributed by atoms with E-state index in [4.69, 9.17) is 9.72 Å². The molecule has 0 saturated heterocycles. The van der Waals surface area contributed by atoms with E-state index in [-0.39, 0.29) is 42.7 Å². The molecule has 11 rings (SSSR count). The number of pyridine rings is 1. The SMILES string of the molecule is CC(C)(C)c1ccnc(-n2c3[c-]c(Oc4[c-]c(N5[CH-]N(c6cccc(C(C)(C)c7ccccc7)c6)c6cc(C(C)(C)C)ccc65)cc(C(C)(C)c5ccccc5)c4)ccc3c3cc(-c4ccccc4)ccc32)c1.[Pt]. The van der Waals surface area contributed by atoms with E-state index in [0.717, 1.165) is 61.5 Å². The van der Waals surface area contributed by atoms with Gasteiger partial charge >= 0.3 is 0 Å². The van der Waals surface area contributed by atoms with Crippen LogP contribution in [0.5, 0.6) is 11.5 Å². The summed E-state index contributed by atoms with van der Waals surface area (Å²) in [5.74, 6) is 2.02. The molecule has 0 unspecified atom stereocenters. The fourth-order valence-electron chi connectivity index (χ4n) is 10.3. The van der Waals surface area contributed by atoms with Crippen molar-refractivity contribution in [3.8, 4) is 28.4 Å². The monoisotopic (exact) mass is 1150 g/mol. The normalized spacial score (nSPS) is 13.1. The molecule has 0 atom stereocenters. The van der Waals surface area contributed by atoms with Gasteiger partial charge in [0.05, 0.1) is 0 Å². The summed E-state index contributed by atoms with van der Waals surface area (Å²) in [5.41, 5.74) is 15.0. The fourth-order valence-corrected chi connectivity index (χ4v) is 10.3. The number of aromatic nitrogens is 2. The van der Waals surface area contributed by atoms with Crippen molar-refractivity contribution < 1.29 is 25.8 Å². The maximum absolute atomic E-state index is 7.08. The summed E-state index contributed by atoms with van der Waals surface area (Å²) in [6.07, 6.45) is 1.92. The van der Waals surface area contributed by atoms with Gasteiger partial charge in [0.15, 0.2) is 0 Å². The van der Waals surface area contributed by atoms with Gasteiger partial charge in [-0.05, 0) is 103 Å². The number of nitrogens with zero attached hydrogens (tertiary/aromatic N) is 4. The zero-order valence-corrected chi connectivity index (χ0v) is 46.3. The first-order valence-corrected chi connectivity index (χ1v) is 25.5. The Morgan fingerprint density at radius 2 is 1.08 bits per heavy atom. The molecule has 6 heteroatoms. The minimum absolute atomic E-state index is 0. The van der Waals surface area contributed by atoms with Gasteiger partial charge in [-0.1, -0.05) is 196 Å². The predicted molar refractivity (Wildman–Crippen MR) is 304 cm³/mol. The average molecular weight is 1150 g/mol. The van der Waals surface area contributed by atoms with Gasteiger partial charge in [-0.25, -0.2) is 4.98 Å². The van der Waals surface area contributed by atoms with E-state index in [0.29, 0.717) is 11.5 Å². The molecular formula is C68H63N4OPt-3. The molecule has 10 aromatic rings. The molecule has 0 spiro atoms. The molecule has 8 aromatic carbocycles. The van der Waals surface area contributed by atoms with Crippen LogP contribution in [-0.4, -0.2) is 9.55 Å². The zero-order valence-electron chi connectivity index (χ0n) is 44.1. The van der Waals surface area contributed by atoms with Gasteiger partial charge in [0.2, 0.25) is 0 Å². The Bertz CT molecular complexity index is 3660. The molecule has 374 valence electrons. The Labute approximate surface area is 452 Å². The first-order valence-electron chi connectivity index (χ1n) is 25.5. The van der Waals surface area contributed by atoms with Crippen LogP contribution < -0.4 is 14.5 Å². The Morgan fingerprint density at radius 3 is 1.76 bits per heavy atom. The summed E-state index contributed by atoms with van der Waals surface area (Å²) >= 11 is 0. The molecular weight excluding hydrogens is 1080 g/mol. The molecule has 0 saturated carbocycles. The number of fused-ring (bicyclic) bond motifs is 4. The van der Waals surface area contributed by atoms with Crippen molar-refractivity contribution in [1.82, 2.24) is 9.55 Å². The summed E-state index contributed by atoms with van der Waals surface area (Å²) in [7, 11) is 0. The molecule has 1 aliphatic heterocycles. The van der Waals surface area contributed by atoms with Crippen LogP contribution in [0.3, 0.4) is 0 Å². The van der Waals surface area contributed by atoms with Crippen molar-refractivity contribution in [2.75, 3.05) is 9.80 Å². The van der Waals surface area contributed by atoms with E-state index >= 15 is 0 Å². The molecule has 0 aliphatic carbocycles. The third-order valence-corrected chi connectivity index (χ3v) is 15.1. The summed E-state index contributed by atoms with van der Waals surface area (Å²) in [6, 6.07) is 75.2. The van der Waals surface area contributed by atoms with Crippen molar-refractivity contribution in [2.24, 2.45) is 0 Å².